The average Bonchev–Trinajstić information content (AvgIpc) is 3.26. The van der Waals surface area contributed by atoms with E-state index >= 15 is 0 Å². The smallest absolute Gasteiger partial charge is 0.387 e. The summed E-state index contributed by atoms with van der Waals surface area (Å²) in [5.41, 5.74) is 0. The van der Waals surface area contributed by atoms with Crippen molar-refractivity contribution in [2.24, 2.45) is 0 Å². The fraction of sp³-hybridized carbons (Fsp3) is 0.661. The number of aliphatic hydroxyl groups is 1. The molecule has 3 N–H and O–H groups in total. The van der Waals surface area contributed by atoms with Crippen LogP contribution in [0.25, 0.3) is 0 Å². The number of carbonyl (C=O) groups excluding carboxylic acids is 1. The molecule has 372 valence electrons. The molecule has 0 radical (unpaired) electrons. The van der Waals surface area contributed by atoms with E-state index < -0.39 is 20.0 Å². The molecule has 0 bridgehead atoms. The number of allylic oxidation sites excluding steroid dienone is 17. The Balaban J connectivity index is 4.18. The Kier molecular flexibility index (Phi) is 44.3. The maximum atomic E-state index is 12.9. The Hall–Kier alpha value is -2.84. The molecule has 1 amide bonds. The van der Waals surface area contributed by atoms with Crippen LogP contribution < -0.4 is 5.32 Å². The highest BCUT2D eigenvalue weighted by molar-refractivity contribution is 7.47. The van der Waals surface area contributed by atoms with E-state index in [4.69, 9.17) is 9.05 Å². The number of likely N-dealkylation sites (N-methyl/N-ethyl adjacent to an activating group) is 1. The van der Waals surface area contributed by atoms with Crippen molar-refractivity contribution in [3.05, 3.63) is 109 Å². The first kappa shape index (κ1) is 62.2. The zero-order valence-electron chi connectivity index (χ0n) is 42.2. The van der Waals surface area contributed by atoms with Gasteiger partial charge in [0.2, 0.25) is 5.91 Å². The zero-order valence-corrected chi connectivity index (χ0v) is 43.1. The molecule has 65 heavy (non-hydrogen) atoms. The predicted octanol–water partition coefficient (Wildman–Crippen LogP) is 15.3. The van der Waals surface area contributed by atoms with Gasteiger partial charge in [-0.15, -0.1) is 0 Å². The van der Waals surface area contributed by atoms with E-state index in [1.54, 1.807) is 6.08 Å². The second-order valence-electron chi connectivity index (χ2n) is 18.1. The molecule has 0 aromatic heterocycles. The number of hydrogen-bond donors (Lipinski definition) is 3. The highest BCUT2D eigenvalue weighted by Crippen LogP contribution is 2.43. The lowest BCUT2D eigenvalue weighted by Crippen LogP contribution is -2.45. The Bertz CT molecular complexity index is 1420. The minimum absolute atomic E-state index is 0.0479. The number of phosphoric ester groups is 1. The number of amides is 1. The summed E-state index contributed by atoms with van der Waals surface area (Å²) >= 11 is 0. The molecule has 0 aliphatic carbocycles. The summed E-state index contributed by atoms with van der Waals surface area (Å²) in [6.07, 6.45) is 67.6. The second kappa shape index (κ2) is 46.3. The molecule has 3 atom stereocenters. The van der Waals surface area contributed by atoms with Crippen molar-refractivity contribution in [2.45, 2.75) is 199 Å². The van der Waals surface area contributed by atoms with Crippen LogP contribution in [0.5, 0.6) is 0 Å². The summed E-state index contributed by atoms with van der Waals surface area (Å²) in [7, 11) is 1.53. The van der Waals surface area contributed by atoms with Crippen molar-refractivity contribution in [2.75, 3.05) is 40.9 Å². The average molecular weight is 926 g/mol. The number of quaternary nitrogens is 1. The van der Waals surface area contributed by atoms with E-state index in [1.807, 2.05) is 27.2 Å². The van der Waals surface area contributed by atoms with Crippen LogP contribution in [-0.2, 0) is 18.4 Å². The molecule has 9 heteroatoms. The van der Waals surface area contributed by atoms with Crippen molar-refractivity contribution in [3.63, 3.8) is 0 Å². The third kappa shape index (κ3) is 48.9. The van der Waals surface area contributed by atoms with Gasteiger partial charge in [0, 0.05) is 6.42 Å². The van der Waals surface area contributed by atoms with Gasteiger partial charge in [-0.3, -0.25) is 13.8 Å². The molecule has 0 saturated carbocycles. The number of carbonyl (C=O) groups is 1. The zero-order chi connectivity index (χ0) is 47.8. The third-order valence-corrected chi connectivity index (χ3v) is 11.7. The van der Waals surface area contributed by atoms with Gasteiger partial charge in [-0.25, -0.2) is 4.57 Å². The summed E-state index contributed by atoms with van der Waals surface area (Å²) in [5, 5.41) is 13.8. The molecular formula is C56H98N2O6P+. The molecule has 0 fully saturated rings. The van der Waals surface area contributed by atoms with Crippen molar-refractivity contribution in [3.8, 4) is 0 Å². The highest BCUT2D eigenvalue weighted by Gasteiger charge is 2.27. The van der Waals surface area contributed by atoms with Crippen molar-refractivity contribution < 1.29 is 32.9 Å². The number of aliphatic hydroxyl groups excluding tert-OH is 1. The molecule has 0 aliphatic rings. The van der Waals surface area contributed by atoms with Crippen molar-refractivity contribution >= 4 is 13.7 Å². The maximum Gasteiger partial charge on any atom is 0.472 e. The van der Waals surface area contributed by atoms with E-state index in [0.717, 1.165) is 89.9 Å². The van der Waals surface area contributed by atoms with Gasteiger partial charge in [-0.2, -0.15) is 0 Å². The number of nitrogens with zero attached hydrogens (tertiary/aromatic N) is 1. The number of phosphoric acid groups is 1. The fourth-order valence-electron chi connectivity index (χ4n) is 6.65. The van der Waals surface area contributed by atoms with Crippen LogP contribution in [0.3, 0.4) is 0 Å². The molecule has 0 spiro atoms. The highest BCUT2D eigenvalue weighted by atomic mass is 31.2. The quantitative estimate of drug-likeness (QED) is 0.0243. The molecule has 0 heterocycles. The van der Waals surface area contributed by atoms with E-state index in [2.05, 4.69) is 116 Å². The normalized spacial score (nSPS) is 15.0. The predicted molar refractivity (Wildman–Crippen MR) is 281 cm³/mol. The molecule has 3 unspecified atom stereocenters. The summed E-state index contributed by atoms with van der Waals surface area (Å²) < 4.78 is 23.6. The summed E-state index contributed by atoms with van der Waals surface area (Å²) in [6.45, 7) is 4.60. The van der Waals surface area contributed by atoms with Crippen LogP contribution in [0, 0.1) is 0 Å². The molecule has 0 rings (SSSR count). The van der Waals surface area contributed by atoms with Gasteiger partial charge in [-0.1, -0.05) is 200 Å². The third-order valence-electron chi connectivity index (χ3n) is 10.7. The summed E-state index contributed by atoms with van der Waals surface area (Å²) in [5.74, 6) is -0.200. The topological polar surface area (TPSA) is 105 Å². The molecule has 0 saturated heterocycles. The lowest BCUT2D eigenvalue weighted by molar-refractivity contribution is -0.870. The van der Waals surface area contributed by atoms with Gasteiger partial charge in [0.05, 0.1) is 39.9 Å². The van der Waals surface area contributed by atoms with Crippen molar-refractivity contribution in [1.82, 2.24) is 5.32 Å². The first-order valence-corrected chi connectivity index (χ1v) is 27.3. The number of unbranched alkanes of at least 4 members (excludes halogenated alkanes) is 16. The standard InChI is InChI=1S/C56H97N2O6P/c1-6-8-10-12-14-16-18-20-21-22-23-24-25-26-27-28-29-30-31-32-33-34-35-36-37-38-40-42-44-46-48-50-56(60)57-54(53-64-65(61,62)63-52-51-58(3,4)5)55(59)49-47-45-43-41-39-19-17-15-13-11-9-7-2/h8,10,13-16,20-21,23-24,26-27,29-30,39,41,47,49,54-55,59H,6-7,9,11-12,17-19,22,25,28,31-38,40,42-46,48,50-53H2,1-5H3,(H-,57,60,61,62)/p+1/b10-8-,15-13+,16-14-,21-20-,24-23-,27-26-,30-29-,41-39+,49-47+. The monoisotopic (exact) mass is 926 g/mol. The first-order chi connectivity index (χ1) is 31.5. The minimum Gasteiger partial charge on any atom is -0.387 e. The van der Waals surface area contributed by atoms with Gasteiger partial charge in [-0.05, 0) is 89.9 Å². The molecule has 8 nitrogen and oxygen atoms in total. The lowest BCUT2D eigenvalue weighted by atomic mass is 10.0. The van der Waals surface area contributed by atoms with Crippen LogP contribution in [-0.4, -0.2) is 73.4 Å². The number of nitrogens with one attached hydrogen (secondary N) is 1. The summed E-state index contributed by atoms with van der Waals surface area (Å²) in [6, 6.07) is -0.876. The Morgan fingerprint density at radius 1 is 0.538 bits per heavy atom. The van der Waals surface area contributed by atoms with Crippen LogP contribution in [0.15, 0.2) is 109 Å². The second-order valence-corrected chi connectivity index (χ2v) is 19.6. The van der Waals surface area contributed by atoms with Gasteiger partial charge in [0.1, 0.15) is 13.2 Å². The number of rotatable bonds is 45. The fourth-order valence-corrected chi connectivity index (χ4v) is 7.39. The first-order valence-electron chi connectivity index (χ1n) is 25.8. The van der Waals surface area contributed by atoms with Crippen LogP contribution in [0.4, 0.5) is 0 Å². The van der Waals surface area contributed by atoms with E-state index in [0.29, 0.717) is 17.4 Å². The Morgan fingerprint density at radius 3 is 1.42 bits per heavy atom. The van der Waals surface area contributed by atoms with Gasteiger partial charge in [0.15, 0.2) is 0 Å². The van der Waals surface area contributed by atoms with Crippen molar-refractivity contribution in [1.29, 1.82) is 0 Å². The van der Waals surface area contributed by atoms with Crippen LogP contribution >= 0.6 is 7.82 Å². The Morgan fingerprint density at radius 2 is 0.938 bits per heavy atom. The SMILES string of the molecule is CC/C=C\C/C=C\C/C=C\C/C=C\C/C=C\C/C=C\CCCCCCCCCCCCCCC(=O)NC(COP(=O)(O)OCC[N+](C)(C)C)C(O)/C=C/CC/C=C/CC/C=C/CCCC. The van der Waals surface area contributed by atoms with Gasteiger partial charge < -0.3 is 19.8 Å². The molecule has 0 aromatic rings. The maximum absolute atomic E-state index is 12.9. The largest absolute Gasteiger partial charge is 0.472 e. The van der Waals surface area contributed by atoms with Crippen LogP contribution in [0.2, 0.25) is 0 Å². The Labute approximate surface area is 400 Å². The number of hydrogen-bond acceptors (Lipinski definition) is 5. The van der Waals surface area contributed by atoms with E-state index in [-0.39, 0.29) is 19.1 Å². The van der Waals surface area contributed by atoms with E-state index in [1.165, 1.54) is 77.0 Å². The molecule has 0 aliphatic heterocycles. The molecular weight excluding hydrogens is 828 g/mol. The summed E-state index contributed by atoms with van der Waals surface area (Å²) in [4.78, 5) is 23.2. The van der Waals surface area contributed by atoms with Crippen LogP contribution in [0.1, 0.15) is 187 Å². The van der Waals surface area contributed by atoms with Gasteiger partial charge in [0.25, 0.3) is 0 Å². The van der Waals surface area contributed by atoms with Gasteiger partial charge >= 0.3 is 7.82 Å². The molecule has 0 aromatic carbocycles. The van der Waals surface area contributed by atoms with E-state index in [9.17, 15) is 19.4 Å². The minimum atomic E-state index is -4.36. The lowest BCUT2D eigenvalue weighted by Gasteiger charge is -2.25.